The van der Waals surface area contributed by atoms with Gasteiger partial charge in [-0.25, -0.2) is 14.4 Å². The molecule has 1 aromatic carbocycles. The summed E-state index contributed by atoms with van der Waals surface area (Å²) in [5, 5.41) is 6.82. The van der Waals surface area contributed by atoms with Gasteiger partial charge in [-0.2, -0.15) is 0 Å². The highest BCUT2D eigenvalue weighted by atomic mass is 16.5. The lowest BCUT2D eigenvalue weighted by molar-refractivity contribution is -0.123. The summed E-state index contributed by atoms with van der Waals surface area (Å²) < 4.78 is 4.77. The first-order chi connectivity index (χ1) is 10.8. The second kappa shape index (κ2) is 8.37. The van der Waals surface area contributed by atoms with Crippen LogP contribution in [0.15, 0.2) is 24.3 Å². The number of benzene rings is 1. The third kappa shape index (κ3) is 6.93. The molecule has 1 aromatic rings. The van der Waals surface area contributed by atoms with Gasteiger partial charge in [-0.3, -0.25) is 10.1 Å². The molecule has 0 radical (unpaired) electrons. The van der Waals surface area contributed by atoms with Crippen LogP contribution in [0.3, 0.4) is 0 Å². The fourth-order valence-electron chi connectivity index (χ4n) is 1.51. The van der Waals surface area contributed by atoms with E-state index in [1.54, 1.807) is 13.8 Å². The van der Waals surface area contributed by atoms with Crippen molar-refractivity contribution in [1.29, 1.82) is 0 Å². The lowest BCUT2D eigenvalue weighted by Gasteiger charge is -2.09. The molecule has 0 atom stereocenters. The minimum Gasteiger partial charge on any atom is -0.452 e. The Morgan fingerprint density at radius 3 is 2.26 bits per heavy atom. The number of esters is 1. The van der Waals surface area contributed by atoms with Crippen LogP contribution in [0, 0.1) is 0 Å². The van der Waals surface area contributed by atoms with Crippen LogP contribution in [0.2, 0.25) is 0 Å². The number of primary amides is 1. The van der Waals surface area contributed by atoms with Gasteiger partial charge < -0.3 is 21.1 Å². The van der Waals surface area contributed by atoms with Gasteiger partial charge in [-0.1, -0.05) is 0 Å². The number of carbonyl (C=O) groups is 4. The lowest BCUT2D eigenvalue weighted by atomic mass is 10.2. The Hall–Kier alpha value is -3.10. The SMILES string of the molecule is CC(C)NC(=O)NC(=O)COC(=O)c1ccc(NC(N)=O)cc1. The number of ether oxygens (including phenoxy) is 1. The summed E-state index contributed by atoms with van der Waals surface area (Å²) in [5.41, 5.74) is 5.55. The van der Waals surface area contributed by atoms with Crippen molar-refractivity contribution >= 4 is 29.6 Å². The monoisotopic (exact) mass is 322 g/mol. The number of nitrogens with one attached hydrogen (secondary N) is 3. The van der Waals surface area contributed by atoms with Crippen molar-refractivity contribution in [2.75, 3.05) is 11.9 Å². The predicted octanol–water partition coefficient (Wildman–Crippen LogP) is 0.568. The Morgan fingerprint density at radius 2 is 1.74 bits per heavy atom. The van der Waals surface area contributed by atoms with Crippen LogP contribution in [-0.4, -0.2) is 36.6 Å². The number of anilines is 1. The second-order valence-corrected chi connectivity index (χ2v) is 4.82. The highest BCUT2D eigenvalue weighted by Crippen LogP contribution is 2.10. The fraction of sp³-hybridized carbons (Fsp3) is 0.286. The maximum atomic E-state index is 11.7. The summed E-state index contributed by atoms with van der Waals surface area (Å²) in [4.78, 5) is 45.1. The van der Waals surface area contributed by atoms with Gasteiger partial charge in [-0.05, 0) is 38.1 Å². The molecule has 1 rings (SSSR count). The lowest BCUT2D eigenvalue weighted by Crippen LogP contribution is -2.44. The molecule has 5 amide bonds. The number of imide groups is 1. The predicted molar refractivity (Wildman–Crippen MR) is 81.7 cm³/mol. The molecule has 0 aliphatic heterocycles. The van der Waals surface area contributed by atoms with Gasteiger partial charge in [0.2, 0.25) is 0 Å². The largest absolute Gasteiger partial charge is 0.452 e. The van der Waals surface area contributed by atoms with E-state index in [0.29, 0.717) is 5.69 Å². The van der Waals surface area contributed by atoms with Gasteiger partial charge in [0.05, 0.1) is 5.56 Å². The summed E-state index contributed by atoms with van der Waals surface area (Å²) in [6, 6.07) is 4.20. The van der Waals surface area contributed by atoms with Crippen molar-refractivity contribution in [3.05, 3.63) is 29.8 Å². The molecule has 9 nitrogen and oxygen atoms in total. The Balaban J connectivity index is 2.45. The van der Waals surface area contributed by atoms with Crippen LogP contribution < -0.4 is 21.7 Å². The average molecular weight is 322 g/mol. The zero-order chi connectivity index (χ0) is 17.4. The minimum atomic E-state index is -0.747. The first-order valence-electron chi connectivity index (χ1n) is 6.72. The van der Waals surface area contributed by atoms with Gasteiger partial charge >= 0.3 is 18.0 Å². The summed E-state index contributed by atoms with van der Waals surface area (Å²) in [7, 11) is 0. The number of carbonyl (C=O) groups excluding carboxylic acids is 4. The van der Waals surface area contributed by atoms with Crippen molar-refractivity contribution in [1.82, 2.24) is 10.6 Å². The van der Waals surface area contributed by atoms with Crippen molar-refractivity contribution in [3.8, 4) is 0 Å². The topological polar surface area (TPSA) is 140 Å². The van der Waals surface area contributed by atoms with Crippen LogP contribution >= 0.6 is 0 Å². The van der Waals surface area contributed by atoms with Crippen molar-refractivity contribution in [3.63, 3.8) is 0 Å². The van der Waals surface area contributed by atoms with E-state index in [2.05, 4.69) is 10.6 Å². The van der Waals surface area contributed by atoms with E-state index >= 15 is 0 Å². The zero-order valence-corrected chi connectivity index (χ0v) is 12.7. The van der Waals surface area contributed by atoms with Gasteiger partial charge in [0.25, 0.3) is 5.91 Å². The number of hydrogen-bond acceptors (Lipinski definition) is 5. The maximum absolute atomic E-state index is 11.7. The first kappa shape index (κ1) is 18.0. The van der Waals surface area contributed by atoms with Crippen LogP contribution in [0.1, 0.15) is 24.2 Å². The normalized spacial score (nSPS) is 9.87. The highest BCUT2D eigenvalue weighted by Gasteiger charge is 2.13. The number of nitrogens with two attached hydrogens (primary N) is 1. The Kier molecular flexibility index (Phi) is 6.53. The van der Waals surface area contributed by atoms with E-state index in [-0.39, 0.29) is 11.6 Å². The Morgan fingerprint density at radius 1 is 1.13 bits per heavy atom. The Bertz CT molecular complexity index is 598. The molecule has 9 heteroatoms. The van der Waals surface area contributed by atoms with Gasteiger partial charge in [0.15, 0.2) is 6.61 Å². The van der Waals surface area contributed by atoms with Gasteiger partial charge in [-0.15, -0.1) is 0 Å². The molecule has 0 saturated carbocycles. The molecular formula is C14H18N4O5. The van der Waals surface area contributed by atoms with E-state index in [0.717, 1.165) is 0 Å². The third-order valence-electron chi connectivity index (χ3n) is 2.40. The maximum Gasteiger partial charge on any atom is 0.338 e. The minimum absolute atomic E-state index is 0.127. The molecule has 5 N–H and O–H groups in total. The summed E-state index contributed by atoms with van der Waals surface area (Å²) in [6.07, 6.45) is 0. The molecule has 0 aliphatic rings. The van der Waals surface area contributed by atoms with Crippen LogP contribution in [0.5, 0.6) is 0 Å². The molecule has 0 aromatic heterocycles. The first-order valence-corrected chi connectivity index (χ1v) is 6.72. The smallest absolute Gasteiger partial charge is 0.338 e. The molecule has 0 unspecified atom stereocenters. The summed E-state index contributed by atoms with van der Waals surface area (Å²) >= 11 is 0. The van der Waals surface area contributed by atoms with Gasteiger partial charge in [0.1, 0.15) is 0 Å². The van der Waals surface area contributed by atoms with E-state index in [1.165, 1.54) is 24.3 Å². The van der Waals surface area contributed by atoms with Crippen molar-refractivity contribution < 1.29 is 23.9 Å². The summed E-state index contributed by atoms with van der Waals surface area (Å²) in [6.45, 7) is 2.88. The number of amides is 5. The molecule has 0 spiro atoms. The standard InChI is InChI=1S/C14H18N4O5/c1-8(2)16-14(22)18-11(19)7-23-12(20)9-3-5-10(6-4-9)17-13(15)21/h3-6,8H,7H2,1-2H3,(H3,15,17,21)(H2,16,18,19,22). The fourth-order valence-corrected chi connectivity index (χ4v) is 1.51. The van der Waals surface area contributed by atoms with E-state index in [9.17, 15) is 19.2 Å². The molecule has 23 heavy (non-hydrogen) atoms. The molecule has 124 valence electrons. The van der Waals surface area contributed by atoms with Crippen molar-refractivity contribution in [2.24, 2.45) is 5.73 Å². The third-order valence-corrected chi connectivity index (χ3v) is 2.40. The van der Waals surface area contributed by atoms with E-state index in [4.69, 9.17) is 10.5 Å². The van der Waals surface area contributed by atoms with Crippen LogP contribution in [-0.2, 0) is 9.53 Å². The highest BCUT2D eigenvalue weighted by molar-refractivity contribution is 5.97. The summed E-state index contributed by atoms with van der Waals surface area (Å²) in [5.74, 6) is -1.49. The molecule has 0 aliphatic carbocycles. The molecule has 0 saturated heterocycles. The Labute approximate surface area is 132 Å². The quantitative estimate of drug-likeness (QED) is 0.587. The number of hydrogen-bond donors (Lipinski definition) is 4. The van der Waals surface area contributed by atoms with Crippen LogP contribution in [0.25, 0.3) is 0 Å². The second-order valence-electron chi connectivity index (χ2n) is 4.82. The molecule has 0 heterocycles. The molecule has 0 fully saturated rings. The van der Waals surface area contributed by atoms with Gasteiger partial charge in [0, 0.05) is 11.7 Å². The average Bonchev–Trinajstić information content (AvgIpc) is 2.44. The number of urea groups is 2. The molecular weight excluding hydrogens is 304 g/mol. The number of rotatable bonds is 5. The van der Waals surface area contributed by atoms with Crippen LogP contribution in [0.4, 0.5) is 15.3 Å². The zero-order valence-electron chi connectivity index (χ0n) is 12.7. The molecule has 0 bridgehead atoms. The van der Waals surface area contributed by atoms with E-state index < -0.39 is 30.5 Å². The van der Waals surface area contributed by atoms with E-state index in [1.807, 2.05) is 5.32 Å². The van der Waals surface area contributed by atoms with Crippen molar-refractivity contribution in [2.45, 2.75) is 19.9 Å².